The van der Waals surface area contributed by atoms with Crippen molar-refractivity contribution >= 4 is 5.69 Å². The highest BCUT2D eigenvalue weighted by Gasteiger charge is 2.31. The van der Waals surface area contributed by atoms with Gasteiger partial charge in [-0.05, 0) is 17.2 Å². The van der Waals surface area contributed by atoms with Gasteiger partial charge in [-0.15, -0.1) is 0 Å². The standard InChI is InChI=1S/C14H16FN3/c15-14(10-16,12-4-2-1-3-5-12)8-11-9-18-7-6-13(11)17/h1-7,9H,8,10,16H2,(H2,17,18). The number of nitrogens with two attached hydrogens (primary N) is 2. The summed E-state index contributed by atoms with van der Waals surface area (Å²) in [6, 6.07) is 10.6. The first kappa shape index (κ1) is 12.5. The van der Waals surface area contributed by atoms with Crippen LogP contribution in [0.25, 0.3) is 0 Å². The van der Waals surface area contributed by atoms with Gasteiger partial charge in [0.25, 0.3) is 0 Å². The van der Waals surface area contributed by atoms with E-state index in [1.807, 2.05) is 6.07 Å². The Labute approximate surface area is 106 Å². The van der Waals surface area contributed by atoms with Crippen LogP contribution in [0.5, 0.6) is 0 Å². The fourth-order valence-corrected chi connectivity index (χ4v) is 1.92. The Kier molecular flexibility index (Phi) is 3.58. The number of nitrogens with zero attached hydrogens (tertiary/aromatic N) is 1. The average Bonchev–Trinajstić information content (AvgIpc) is 2.42. The maximum atomic E-state index is 14.9. The third kappa shape index (κ3) is 2.49. The van der Waals surface area contributed by atoms with E-state index in [-0.39, 0.29) is 13.0 Å². The molecule has 4 N–H and O–H groups in total. The van der Waals surface area contributed by atoms with E-state index in [9.17, 15) is 4.39 Å². The molecule has 2 rings (SSSR count). The second kappa shape index (κ2) is 5.14. The van der Waals surface area contributed by atoms with E-state index >= 15 is 0 Å². The zero-order valence-corrected chi connectivity index (χ0v) is 10.0. The van der Waals surface area contributed by atoms with Crippen molar-refractivity contribution in [1.29, 1.82) is 0 Å². The summed E-state index contributed by atoms with van der Waals surface area (Å²) < 4.78 is 14.9. The smallest absolute Gasteiger partial charge is 0.152 e. The molecule has 0 aliphatic carbocycles. The molecule has 94 valence electrons. The molecule has 1 aromatic heterocycles. The predicted octanol–water partition coefficient (Wildman–Crippen LogP) is 2.03. The summed E-state index contributed by atoms with van der Waals surface area (Å²) in [4.78, 5) is 3.97. The van der Waals surface area contributed by atoms with Crippen molar-refractivity contribution in [3.63, 3.8) is 0 Å². The number of benzene rings is 1. The van der Waals surface area contributed by atoms with Crippen LogP contribution >= 0.6 is 0 Å². The van der Waals surface area contributed by atoms with Gasteiger partial charge in [0.1, 0.15) is 0 Å². The van der Waals surface area contributed by atoms with E-state index < -0.39 is 5.67 Å². The van der Waals surface area contributed by atoms with Crippen LogP contribution in [0.2, 0.25) is 0 Å². The number of nitrogen functional groups attached to an aromatic ring is 1. The molecule has 0 amide bonds. The van der Waals surface area contributed by atoms with Crippen LogP contribution in [0, 0.1) is 0 Å². The number of aromatic nitrogens is 1. The van der Waals surface area contributed by atoms with E-state index in [1.165, 1.54) is 0 Å². The van der Waals surface area contributed by atoms with Gasteiger partial charge in [-0.1, -0.05) is 30.3 Å². The van der Waals surface area contributed by atoms with E-state index in [2.05, 4.69) is 4.98 Å². The maximum absolute atomic E-state index is 14.9. The van der Waals surface area contributed by atoms with Crippen molar-refractivity contribution in [1.82, 2.24) is 4.98 Å². The van der Waals surface area contributed by atoms with Gasteiger partial charge in [-0.3, -0.25) is 4.98 Å². The quantitative estimate of drug-likeness (QED) is 0.866. The van der Waals surface area contributed by atoms with Gasteiger partial charge < -0.3 is 11.5 Å². The molecular formula is C14H16FN3. The van der Waals surface area contributed by atoms with E-state index in [1.54, 1.807) is 42.7 Å². The van der Waals surface area contributed by atoms with Crippen molar-refractivity contribution < 1.29 is 4.39 Å². The molecule has 0 spiro atoms. The van der Waals surface area contributed by atoms with Crippen LogP contribution in [0.1, 0.15) is 11.1 Å². The first-order valence-corrected chi connectivity index (χ1v) is 5.78. The summed E-state index contributed by atoms with van der Waals surface area (Å²) in [6.07, 6.45) is 3.30. The Morgan fingerprint density at radius 1 is 1.17 bits per heavy atom. The largest absolute Gasteiger partial charge is 0.398 e. The van der Waals surface area contributed by atoms with Gasteiger partial charge in [0.2, 0.25) is 0 Å². The third-order valence-corrected chi connectivity index (χ3v) is 3.03. The number of hydrogen-bond acceptors (Lipinski definition) is 3. The molecule has 0 bridgehead atoms. The summed E-state index contributed by atoms with van der Waals surface area (Å²) in [6.45, 7) is -0.0919. The van der Waals surface area contributed by atoms with E-state index in [0.717, 1.165) is 0 Å². The number of pyridine rings is 1. The maximum Gasteiger partial charge on any atom is 0.152 e. The van der Waals surface area contributed by atoms with Gasteiger partial charge in [-0.2, -0.15) is 0 Å². The molecule has 1 heterocycles. The average molecular weight is 245 g/mol. The molecule has 2 aromatic rings. The van der Waals surface area contributed by atoms with Crippen molar-refractivity contribution in [3.8, 4) is 0 Å². The van der Waals surface area contributed by atoms with Gasteiger partial charge in [0.15, 0.2) is 5.67 Å². The number of halogens is 1. The molecule has 0 aliphatic heterocycles. The summed E-state index contributed by atoms with van der Waals surface area (Å²) in [7, 11) is 0. The zero-order valence-electron chi connectivity index (χ0n) is 10.0. The lowest BCUT2D eigenvalue weighted by Gasteiger charge is -2.24. The van der Waals surface area contributed by atoms with Crippen LogP contribution in [0.3, 0.4) is 0 Å². The van der Waals surface area contributed by atoms with E-state index in [0.29, 0.717) is 16.8 Å². The molecule has 0 saturated heterocycles. The molecule has 18 heavy (non-hydrogen) atoms. The first-order valence-electron chi connectivity index (χ1n) is 5.78. The highest BCUT2D eigenvalue weighted by molar-refractivity contribution is 5.45. The number of alkyl halides is 1. The first-order chi connectivity index (χ1) is 8.65. The summed E-state index contributed by atoms with van der Waals surface area (Å²) in [5, 5.41) is 0. The Bertz CT molecular complexity index is 515. The minimum atomic E-state index is -1.61. The second-order valence-electron chi connectivity index (χ2n) is 4.29. The number of hydrogen-bond donors (Lipinski definition) is 2. The molecule has 0 radical (unpaired) electrons. The predicted molar refractivity (Wildman–Crippen MR) is 70.6 cm³/mol. The van der Waals surface area contributed by atoms with Crippen molar-refractivity contribution in [2.75, 3.05) is 12.3 Å². The monoisotopic (exact) mass is 245 g/mol. The third-order valence-electron chi connectivity index (χ3n) is 3.03. The minimum absolute atomic E-state index is 0.0919. The van der Waals surface area contributed by atoms with E-state index in [4.69, 9.17) is 11.5 Å². The molecule has 0 saturated carbocycles. The van der Waals surface area contributed by atoms with Crippen LogP contribution < -0.4 is 11.5 Å². The molecular weight excluding hydrogens is 229 g/mol. The van der Waals surface area contributed by atoms with Crippen LogP contribution in [-0.4, -0.2) is 11.5 Å². The Morgan fingerprint density at radius 3 is 2.50 bits per heavy atom. The topological polar surface area (TPSA) is 64.9 Å². The van der Waals surface area contributed by atoms with Gasteiger partial charge in [-0.25, -0.2) is 4.39 Å². The SMILES string of the molecule is NCC(F)(Cc1cnccc1N)c1ccccc1. The van der Waals surface area contributed by atoms with Crippen LogP contribution in [0.15, 0.2) is 48.8 Å². The highest BCUT2D eigenvalue weighted by Crippen LogP contribution is 2.30. The van der Waals surface area contributed by atoms with Crippen LogP contribution in [-0.2, 0) is 12.1 Å². The fourth-order valence-electron chi connectivity index (χ4n) is 1.92. The van der Waals surface area contributed by atoms with Crippen molar-refractivity contribution in [3.05, 3.63) is 59.9 Å². The van der Waals surface area contributed by atoms with Gasteiger partial charge >= 0.3 is 0 Å². The lowest BCUT2D eigenvalue weighted by atomic mass is 9.89. The lowest BCUT2D eigenvalue weighted by molar-refractivity contribution is 0.175. The number of anilines is 1. The summed E-state index contributed by atoms with van der Waals surface area (Å²) >= 11 is 0. The lowest BCUT2D eigenvalue weighted by Crippen LogP contribution is -2.33. The van der Waals surface area contributed by atoms with Crippen LogP contribution in [0.4, 0.5) is 10.1 Å². The molecule has 1 aromatic carbocycles. The Hall–Kier alpha value is -1.94. The zero-order chi connectivity index (χ0) is 13.0. The molecule has 3 nitrogen and oxygen atoms in total. The van der Waals surface area contributed by atoms with Crippen molar-refractivity contribution in [2.45, 2.75) is 12.1 Å². The number of rotatable bonds is 4. The Balaban J connectivity index is 2.32. The fraction of sp³-hybridized carbons (Fsp3) is 0.214. The second-order valence-corrected chi connectivity index (χ2v) is 4.29. The normalized spacial score (nSPS) is 14.1. The molecule has 1 unspecified atom stereocenters. The van der Waals surface area contributed by atoms with Crippen molar-refractivity contribution in [2.24, 2.45) is 5.73 Å². The molecule has 1 atom stereocenters. The summed E-state index contributed by atoms with van der Waals surface area (Å²) in [5.74, 6) is 0. The van der Waals surface area contributed by atoms with Gasteiger partial charge in [0.05, 0.1) is 0 Å². The molecule has 0 aliphatic rings. The highest BCUT2D eigenvalue weighted by atomic mass is 19.1. The van der Waals surface area contributed by atoms with Gasteiger partial charge in [0, 0.05) is 31.0 Å². The molecule has 4 heteroatoms. The minimum Gasteiger partial charge on any atom is -0.398 e. The molecule has 0 fully saturated rings. The Morgan fingerprint density at radius 2 is 1.89 bits per heavy atom. The summed E-state index contributed by atoms with van der Waals surface area (Å²) in [5.41, 5.74) is 11.6.